The minimum absolute atomic E-state index is 0.0417. The fourth-order valence-corrected chi connectivity index (χ4v) is 11.6. The first-order chi connectivity index (χ1) is 28.3. The number of rotatable bonds is 1. The van der Waals surface area contributed by atoms with Crippen molar-refractivity contribution in [3.05, 3.63) is 158 Å². The number of para-hydroxylation sites is 5. The molecule has 0 N–H and O–H groups in total. The molecule has 0 aromatic heterocycles. The SMILES string of the molecule is c1ccc(N2c3cccc4c3B(c3c(cc5c6c3Oc3ccccc3B6c3ccccc3O5)S4)c3c2cc2c4c3Oc3ccccc3B4c3ccccc3O2)cc1. The molecule has 0 amide bonds. The summed E-state index contributed by atoms with van der Waals surface area (Å²) in [6.07, 6.45) is 0. The molecule has 0 atom stereocenters. The van der Waals surface area contributed by atoms with Gasteiger partial charge in [-0.05, 0) is 92.8 Å². The number of hydrogen-bond donors (Lipinski definition) is 0. The lowest BCUT2D eigenvalue weighted by Crippen LogP contribution is -2.66. The van der Waals surface area contributed by atoms with Gasteiger partial charge in [-0.15, -0.1) is 0 Å². The minimum Gasteiger partial charge on any atom is -0.459 e. The second-order valence-electron chi connectivity index (χ2n) is 15.4. The van der Waals surface area contributed by atoms with Crippen LogP contribution in [0.3, 0.4) is 0 Å². The van der Waals surface area contributed by atoms with Crippen molar-refractivity contribution in [2.45, 2.75) is 9.79 Å². The highest BCUT2D eigenvalue weighted by atomic mass is 32.2. The Labute approximate surface area is 334 Å². The summed E-state index contributed by atoms with van der Waals surface area (Å²) < 4.78 is 28.3. The van der Waals surface area contributed by atoms with E-state index in [1.165, 1.54) is 10.4 Å². The molecule has 0 spiro atoms. The highest BCUT2D eigenvalue weighted by Gasteiger charge is 2.52. The summed E-state index contributed by atoms with van der Waals surface area (Å²) in [5.74, 6) is 6.88. The molecule has 9 heteroatoms. The van der Waals surface area contributed by atoms with E-state index in [0.717, 1.165) is 112 Å². The second kappa shape index (κ2) is 11.0. The Balaban J connectivity index is 1.11. The molecule has 0 aliphatic carbocycles. The van der Waals surface area contributed by atoms with E-state index in [1.54, 1.807) is 11.8 Å². The number of fused-ring (bicyclic) bond motifs is 14. The number of hydrogen-bond acceptors (Lipinski definition) is 6. The van der Waals surface area contributed by atoms with Crippen molar-refractivity contribution in [3.63, 3.8) is 0 Å². The molecule has 6 aliphatic rings. The molecule has 6 heterocycles. The summed E-state index contributed by atoms with van der Waals surface area (Å²) >= 11 is 1.80. The van der Waals surface area contributed by atoms with Crippen molar-refractivity contribution < 1.29 is 18.9 Å². The molecule has 0 bridgehead atoms. The molecular formula is C48H26B3NO4S. The zero-order valence-corrected chi connectivity index (χ0v) is 31.0. The second-order valence-corrected chi connectivity index (χ2v) is 16.5. The van der Waals surface area contributed by atoms with E-state index in [-0.39, 0.29) is 20.1 Å². The van der Waals surface area contributed by atoms with Gasteiger partial charge in [-0.3, -0.25) is 0 Å². The normalized spacial score (nSPS) is 14.7. The maximum atomic E-state index is 7.29. The standard InChI is InChI=1S/C48H26B3NO4S/c1-2-13-27(14-3-1)52-32-19-12-24-40-42(32)51(43-33(52)25-38-44-47(43)55-36-22-10-6-17-30(36)49(44)28-15-4-8-20-34(28)53-38)46-41(57-40)26-39-45-48(46)56-37-23-11-7-18-31(37)50(45)29-16-5-9-21-35(29)54-39/h1-26H. The van der Waals surface area contributed by atoms with Gasteiger partial charge in [0.15, 0.2) is 0 Å². The highest BCUT2D eigenvalue weighted by molar-refractivity contribution is 8.00. The Morgan fingerprint density at radius 1 is 0.351 bits per heavy atom. The predicted octanol–water partition coefficient (Wildman–Crippen LogP) is 5.91. The molecule has 8 aromatic rings. The lowest BCUT2D eigenvalue weighted by molar-refractivity contribution is 0.464. The molecule has 6 aliphatic heterocycles. The Bertz CT molecular complexity index is 3100. The van der Waals surface area contributed by atoms with Crippen LogP contribution < -0.4 is 73.0 Å². The maximum absolute atomic E-state index is 7.29. The van der Waals surface area contributed by atoms with Crippen LogP contribution in [0.25, 0.3) is 0 Å². The average molecular weight is 745 g/mol. The smallest absolute Gasteiger partial charge is 0.260 e. The first-order valence-electron chi connectivity index (χ1n) is 19.4. The molecule has 5 nitrogen and oxygen atoms in total. The highest BCUT2D eigenvalue weighted by Crippen LogP contribution is 2.48. The van der Waals surface area contributed by atoms with Crippen LogP contribution in [0.5, 0.6) is 46.0 Å². The molecule has 0 saturated carbocycles. The van der Waals surface area contributed by atoms with Crippen LogP contribution in [0.2, 0.25) is 0 Å². The van der Waals surface area contributed by atoms with E-state index < -0.39 is 0 Å². The topological polar surface area (TPSA) is 40.2 Å². The van der Waals surface area contributed by atoms with Crippen LogP contribution in [0.15, 0.2) is 168 Å². The summed E-state index contributed by atoms with van der Waals surface area (Å²) in [7, 11) is 0. The molecule has 8 aromatic carbocycles. The first-order valence-corrected chi connectivity index (χ1v) is 20.2. The average Bonchev–Trinajstić information content (AvgIpc) is 3.26. The zero-order valence-electron chi connectivity index (χ0n) is 30.2. The van der Waals surface area contributed by atoms with E-state index in [9.17, 15) is 0 Å². The molecular weight excluding hydrogens is 719 g/mol. The van der Waals surface area contributed by atoms with Crippen LogP contribution in [0.4, 0.5) is 17.1 Å². The lowest BCUT2D eigenvalue weighted by atomic mass is 9.29. The van der Waals surface area contributed by atoms with E-state index in [4.69, 9.17) is 18.9 Å². The fourth-order valence-electron chi connectivity index (χ4n) is 10.4. The fraction of sp³-hybridized carbons (Fsp3) is 0. The van der Waals surface area contributed by atoms with Crippen molar-refractivity contribution >= 4 is 98.1 Å². The molecule has 14 rings (SSSR count). The molecule has 0 fully saturated rings. The molecule has 0 saturated heterocycles. The van der Waals surface area contributed by atoms with Crippen molar-refractivity contribution in [2.24, 2.45) is 0 Å². The zero-order chi connectivity index (χ0) is 36.9. The summed E-state index contributed by atoms with van der Waals surface area (Å²) in [5, 5.41) is 0. The van der Waals surface area contributed by atoms with Gasteiger partial charge in [-0.25, -0.2) is 0 Å². The number of nitrogens with zero attached hydrogens (tertiary/aromatic N) is 1. The van der Waals surface area contributed by atoms with Gasteiger partial charge in [0.25, 0.3) is 20.1 Å². The maximum Gasteiger partial charge on any atom is 0.260 e. The number of anilines is 3. The molecule has 57 heavy (non-hydrogen) atoms. The lowest BCUT2D eigenvalue weighted by Gasteiger charge is -2.44. The van der Waals surface area contributed by atoms with Crippen LogP contribution in [0, 0.1) is 0 Å². The Hall–Kier alpha value is -6.70. The Morgan fingerprint density at radius 2 is 0.860 bits per heavy atom. The summed E-state index contributed by atoms with van der Waals surface area (Å²) in [6, 6.07) is 55.8. The first kappa shape index (κ1) is 30.5. The van der Waals surface area contributed by atoms with Gasteiger partial charge >= 0.3 is 0 Å². The Morgan fingerprint density at radius 3 is 1.46 bits per heavy atom. The van der Waals surface area contributed by atoms with E-state index >= 15 is 0 Å². The van der Waals surface area contributed by atoms with Gasteiger partial charge in [0, 0.05) is 43.8 Å². The number of benzene rings is 8. The third kappa shape index (κ3) is 3.94. The monoisotopic (exact) mass is 745 g/mol. The van der Waals surface area contributed by atoms with Crippen molar-refractivity contribution in [1.82, 2.24) is 0 Å². The van der Waals surface area contributed by atoms with Gasteiger partial charge in [0.05, 0.1) is 0 Å². The van der Waals surface area contributed by atoms with Crippen LogP contribution in [-0.4, -0.2) is 20.1 Å². The minimum atomic E-state index is -0.228. The van der Waals surface area contributed by atoms with Crippen LogP contribution in [-0.2, 0) is 0 Å². The van der Waals surface area contributed by atoms with Gasteiger partial charge in [0.2, 0.25) is 0 Å². The Kier molecular flexibility index (Phi) is 5.88. The third-order valence-corrected chi connectivity index (χ3v) is 13.7. The molecule has 0 unspecified atom stereocenters. The van der Waals surface area contributed by atoms with Gasteiger partial charge in [0.1, 0.15) is 46.0 Å². The van der Waals surface area contributed by atoms with Gasteiger partial charge in [-0.1, -0.05) is 109 Å². The number of ether oxygens (including phenoxy) is 4. The van der Waals surface area contributed by atoms with Crippen molar-refractivity contribution in [1.29, 1.82) is 0 Å². The van der Waals surface area contributed by atoms with Crippen LogP contribution >= 0.6 is 11.8 Å². The quantitative estimate of drug-likeness (QED) is 0.195. The largest absolute Gasteiger partial charge is 0.459 e. The van der Waals surface area contributed by atoms with E-state index in [2.05, 4.69) is 163 Å². The van der Waals surface area contributed by atoms with Crippen molar-refractivity contribution in [2.75, 3.05) is 4.90 Å². The van der Waals surface area contributed by atoms with Crippen molar-refractivity contribution in [3.8, 4) is 46.0 Å². The predicted molar refractivity (Wildman–Crippen MR) is 232 cm³/mol. The molecule has 0 radical (unpaired) electrons. The van der Waals surface area contributed by atoms with Gasteiger partial charge in [-0.2, -0.15) is 0 Å². The molecule has 262 valence electrons. The summed E-state index contributed by atoms with van der Waals surface area (Å²) in [6.45, 7) is -0.331. The summed E-state index contributed by atoms with van der Waals surface area (Å²) in [5.41, 5.74) is 13.4. The van der Waals surface area contributed by atoms with Gasteiger partial charge < -0.3 is 23.8 Å². The van der Waals surface area contributed by atoms with Crippen LogP contribution in [0.1, 0.15) is 0 Å². The summed E-state index contributed by atoms with van der Waals surface area (Å²) in [4.78, 5) is 4.72. The third-order valence-electron chi connectivity index (χ3n) is 12.6. The van der Waals surface area contributed by atoms with E-state index in [0.29, 0.717) is 0 Å². The van der Waals surface area contributed by atoms with E-state index in [1.807, 2.05) is 0 Å².